The minimum Gasteiger partial charge on any atom is -0.478 e. The van der Waals surface area contributed by atoms with Crippen LogP contribution >= 0.6 is 0 Å². The first-order chi connectivity index (χ1) is 13.5. The molecule has 0 aliphatic carbocycles. The topological polar surface area (TPSA) is 116 Å². The van der Waals surface area contributed by atoms with E-state index >= 15 is 0 Å². The molecule has 0 heterocycles. The molecule has 0 unspecified atom stereocenters. The Kier molecular flexibility index (Phi) is 8.68. The number of anilines is 1. The summed E-state index contributed by atoms with van der Waals surface area (Å²) in [4.78, 5) is 21.8. The molecule has 158 valence electrons. The van der Waals surface area contributed by atoms with E-state index in [1.807, 2.05) is 0 Å². The molecule has 2 aromatic carbocycles. The number of hydrogen-bond acceptors (Lipinski definition) is 5. The lowest BCUT2D eigenvalue weighted by Gasteiger charge is -2.20. The molecule has 4 N–H and O–H groups in total. The third-order valence-electron chi connectivity index (χ3n) is 3.36. The number of aliphatic hydroxyl groups is 2. The molecule has 0 spiro atoms. The number of benzene rings is 2. The normalized spacial score (nSPS) is 10.6. The summed E-state index contributed by atoms with van der Waals surface area (Å²) >= 11 is 0. The number of rotatable bonds is 4. The molecule has 0 radical (unpaired) electrons. The number of aliphatic hydroxyl groups excluding tert-OH is 2. The minimum absolute atomic E-state index is 0.00472. The molecule has 2 aromatic rings. The van der Waals surface area contributed by atoms with Crippen molar-refractivity contribution in [2.75, 3.05) is 5.32 Å². The van der Waals surface area contributed by atoms with Crippen molar-refractivity contribution in [3.8, 4) is 0 Å². The van der Waals surface area contributed by atoms with Crippen molar-refractivity contribution in [2.45, 2.75) is 39.6 Å². The van der Waals surface area contributed by atoms with Crippen LogP contribution in [0.5, 0.6) is 0 Å². The van der Waals surface area contributed by atoms with E-state index in [0.29, 0.717) is 0 Å². The maximum absolute atomic E-state index is 13.6. The van der Waals surface area contributed by atoms with Gasteiger partial charge in [0.15, 0.2) is 5.82 Å². The van der Waals surface area contributed by atoms with Crippen LogP contribution in [0.4, 0.5) is 19.3 Å². The molecule has 0 fully saturated rings. The van der Waals surface area contributed by atoms with Gasteiger partial charge < -0.3 is 20.1 Å². The number of carbonyl (C=O) groups excluding carboxylic acids is 1. The van der Waals surface area contributed by atoms with Gasteiger partial charge in [0.05, 0.1) is 24.5 Å². The van der Waals surface area contributed by atoms with Gasteiger partial charge in [-0.3, -0.25) is 5.32 Å². The van der Waals surface area contributed by atoms with Gasteiger partial charge in [0, 0.05) is 11.1 Å². The predicted octanol–water partition coefficient (Wildman–Crippen LogP) is 3.68. The van der Waals surface area contributed by atoms with E-state index in [0.717, 1.165) is 6.07 Å². The van der Waals surface area contributed by atoms with Gasteiger partial charge in [-0.15, -0.1) is 0 Å². The molecule has 0 saturated heterocycles. The van der Waals surface area contributed by atoms with E-state index in [1.165, 1.54) is 24.3 Å². The number of amides is 1. The molecule has 2 rings (SSSR count). The number of carboxylic acid groups (broad SMARTS) is 1. The highest BCUT2D eigenvalue weighted by Crippen LogP contribution is 2.19. The van der Waals surface area contributed by atoms with Crippen LogP contribution in [0.15, 0.2) is 36.4 Å². The quantitative estimate of drug-likeness (QED) is 0.610. The number of nitrogens with one attached hydrogen (secondary N) is 1. The third-order valence-corrected chi connectivity index (χ3v) is 3.36. The van der Waals surface area contributed by atoms with Crippen LogP contribution < -0.4 is 5.32 Å². The molecular formula is C20H23F2NO6. The zero-order chi connectivity index (χ0) is 22.2. The summed E-state index contributed by atoms with van der Waals surface area (Å²) in [5, 5.41) is 28.2. The lowest BCUT2D eigenvalue weighted by Crippen LogP contribution is -2.27. The summed E-state index contributed by atoms with van der Waals surface area (Å²) in [6.07, 6.45) is -0.730. The predicted molar refractivity (Wildman–Crippen MR) is 101 cm³/mol. The number of ether oxygens (including phenoxy) is 1. The highest BCUT2D eigenvalue weighted by atomic mass is 19.1. The molecule has 0 aliphatic rings. The lowest BCUT2D eigenvalue weighted by atomic mass is 10.1. The Hall–Kier alpha value is -3.04. The van der Waals surface area contributed by atoms with Gasteiger partial charge in [-0.1, -0.05) is 24.3 Å². The second kappa shape index (κ2) is 10.5. The fourth-order valence-electron chi connectivity index (χ4n) is 2.08. The van der Waals surface area contributed by atoms with Crippen molar-refractivity contribution in [3.05, 3.63) is 64.7 Å². The van der Waals surface area contributed by atoms with Crippen molar-refractivity contribution in [1.29, 1.82) is 0 Å². The van der Waals surface area contributed by atoms with Gasteiger partial charge in [0.1, 0.15) is 11.4 Å². The highest BCUT2D eigenvalue weighted by Gasteiger charge is 2.18. The monoisotopic (exact) mass is 411 g/mol. The second-order valence-corrected chi connectivity index (χ2v) is 6.81. The summed E-state index contributed by atoms with van der Waals surface area (Å²) in [6.45, 7) is 4.23. The molecule has 0 atom stereocenters. The van der Waals surface area contributed by atoms with E-state index in [1.54, 1.807) is 26.8 Å². The van der Waals surface area contributed by atoms with Crippen molar-refractivity contribution in [1.82, 2.24) is 0 Å². The molecule has 29 heavy (non-hydrogen) atoms. The molecule has 0 aromatic heterocycles. The Morgan fingerprint density at radius 3 is 1.97 bits per heavy atom. The first-order valence-corrected chi connectivity index (χ1v) is 8.50. The number of aromatic carboxylic acids is 1. The zero-order valence-corrected chi connectivity index (χ0v) is 16.2. The van der Waals surface area contributed by atoms with Crippen LogP contribution in [-0.2, 0) is 18.0 Å². The van der Waals surface area contributed by atoms with E-state index in [4.69, 9.17) is 20.1 Å². The van der Waals surface area contributed by atoms with Crippen LogP contribution in [0.1, 0.15) is 42.3 Å². The third kappa shape index (κ3) is 7.47. The first-order valence-electron chi connectivity index (χ1n) is 8.50. The molecule has 0 bridgehead atoms. The largest absolute Gasteiger partial charge is 0.478 e. The Balaban J connectivity index is 0.000000308. The summed E-state index contributed by atoms with van der Waals surface area (Å²) < 4.78 is 31.6. The van der Waals surface area contributed by atoms with Gasteiger partial charge >= 0.3 is 12.1 Å². The van der Waals surface area contributed by atoms with Gasteiger partial charge in [0.2, 0.25) is 0 Å². The van der Waals surface area contributed by atoms with Crippen molar-refractivity contribution in [3.63, 3.8) is 0 Å². The first kappa shape index (κ1) is 24.0. The molecule has 0 aliphatic heterocycles. The Morgan fingerprint density at radius 1 is 0.966 bits per heavy atom. The Labute approximate surface area is 166 Å². The fourth-order valence-corrected chi connectivity index (χ4v) is 2.08. The van der Waals surface area contributed by atoms with E-state index in [9.17, 15) is 18.4 Å². The molecule has 1 amide bonds. The van der Waals surface area contributed by atoms with E-state index in [2.05, 4.69) is 5.32 Å². The average molecular weight is 411 g/mol. The van der Waals surface area contributed by atoms with Gasteiger partial charge in [-0.2, -0.15) is 0 Å². The van der Waals surface area contributed by atoms with Gasteiger partial charge in [-0.05, 0) is 32.9 Å². The number of carbonyl (C=O) groups is 2. The number of hydrogen-bond donors (Lipinski definition) is 4. The number of halogens is 2. The van der Waals surface area contributed by atoms with E-state index < -0.39 is 48.1 Å². The van der Waals surface area contributed by atoms with Crippen LogP contribution in [0, 0.1) is 11.6 Å². The van der Waals surface area contributed by atoms with Crippen LogP contribution in [0.25, 0.3) is 0 Å². The molecular weight excluding hydrogens is 388 g/mol. The summed E-state index contributed by atoms with van der Waals surface area (Å²) in [7, 11) is 0. The Bertz CT molecular complexity index is 865. The van der Waals surface area contributed by atoms with Gasteiger partial charge in [0.25, 0.3) is 0 Å². The van der Waals surface area contributed by atoms with Crippen LogP contribution in [-0.4, -0.2) is 33.0 Å². The molecule has 7 nitrogen and oxygen atoms in total. The lowest BCUT2D eigenvalue weighted by molar-refractivity contribution is 0.0633. The Morgan fingerprint density at radius 2 is 1.48 bits per heavy atom. The smallest absolute Gasteiger partial charge is 0.412 e. The SMILES string of the molecule is CC(C)(C)OC(=O)Nc1cccc(CO)c1F.O=C(O)c1cccc(CO)c1F. The summed E-state index contributed by atoms with van der Waals surface area (Å²) in [5.74, 6) is -2.85. The fraction of sp³-hybridized carbons (Fsp3) is 0.300. The van der Waals surface area contributed by atoms with Crippen LogP contribution in [0.3, 0.4) is 0 Å². The maximum Gasteiger partial charge on any atom is 0.412 e. The van der Waals surface area contributed by atoms with Crippen molar-refractivity contribution in [2.24, 2.45) is 0 Å². The average Bonchev–Trinajstić information content (AvgIpc) is 2.62. The van der Waals surface area contributed by atoms with Gasteiger partial charge in [-0.25, -0.2) is 18.4 Å². The second-order valence-electron chi connectivity index (χ2n) is 6.81. The highest BCUT2D eigenvalue weighted by molar-refractivity contribution is 5.88. The molecule has 0 saturated carbocycles. The number of carboxylic acids is 1. The zero-order valence-electron chi connectivity index (χ0n) is 16.2. The molecule has 9 heteroatoms. The van der Waals surface area contributed by atoms with Crippen molar-refractivity contribution < 1.29 is 38.4 Å². The van der Waals surface area contributed by atoms with Crippen LogP contribution in [0.2, 0.25) is 0 Å². The standard InChI is InChI=1S/C12H16FNO3.C8H7FO3/c1-12(2,3)17-11(16)14-9-6-4-5-8(7-15)10(9)13;9-7-5(4-10)2-1-3-6(7)8(11)12/h4-6,15H,7H2,1-3H3,(H,14,16);1-3,10H,4H2,(H,11,12). The summed E-state index contributed by atoms with van der Waals surface area (Å²) in [5.41, 5.74) is -0.949. The van der Waals surface area contributed by atoms with Crippen molar-refractivity contribution >= 4 is 17.7 Å². The van der Waals surface area contributed by atoms with E-state index in [-0.39, 0.29) is 16.8 Å². The summed E-state index contributed by atoms with van der Waals surface area (Å²) in [6, 6.07) is 8.26. The maximum atomic E-state index is 13.6. The minimum atomic E-state index is -1.33.